The Kier molecular flexibility index (Phi) is 4.63. The van der Waals surface area contributed by atoms with Crippen molar-refractivity contribution in [1.29, 1.82) is 5.26 Å². The highest BCUT2D eigenvalue weighted by Gasteiger charge is 2.38. The van der Waals surface area contributed by atoms with Crippen LogP contribution >= 0.6 is 11.3 Å². The van der Waals surface area contributed by atoms with Gasteiger partial charge in [0.1, 0.15) is 21.2 Å². The molecule has 0 radical (unpaired) electrons. The molecule has 2 rings (SSSR count). The van der Waals surface area contributed by atoms with Crippen molar-refractivity contribution < 1.29 is 13.2 Å². The first-order chi connectivity index (χ1) is 9.87. The molecule has 1 aromatic rings. The van der Waals surface area contributed by atoms with Gasteiger partial charge in [-0.3, -0.25) is 4.79 Å². The number of likely N-dealkylation sites (N-methyl/N-ethyl adjacent to an activating group) is 1. The van der Waals surface area contributed by atoms with Crippen LogP contribution in [-0.4, -0.2) is 63.3 Å². The van der Waals surface area contributed by atoms with Crippen molar-refractivity contribution in [2.45, 2.75) is 10.3 Å². The van der Waals surface area contributed by atoms with Crippen LogP contribution in [0, 0.1) is 11.3 Å². The zero-order chi connectivity index (χ0) is 15.6. The average molecular weight is 328 g/mol. The largest absolute Gasteiger partial charge is 0.347 e. The normalized spacial score (nSPS) is 20.0. The van der Waals surface area contributed by atoms with E-state index in [-0.39, 0.29) is 23.2 Å². The van der Waals surface area contributed by atoms with Gasteiger partial charge in [0, 0.05) is 33.7 Å². The Morgan fingerprint density at radius 1 is 1.52 bits per heavy atom. The van der Waals surface area contributed by atoms with Crippen molar-refractivity contribution in [2.75, 3.05) is 33.7 Å². The quantitative estimate of drug-likeness (QED) is 0.820. The maximum absolute atomic E-state index is 12.7. The summed E-state index contributed by atoms with van der Waals surface area (Å²) in [4.78, 5) is 13.9. The predicted octanol–water partition coefficient (Wildman–Crippen LogP) is -0.330. The fraction of sp³-hybridized carbons (Fsp3) is 0.500. The molecule has 1 aliphatic heterocycles. The number of nitrogens with one attached hydrogen (secondary N) is 1. The van der Waals surface area contributed by atoms with Crippen LogP contribution in [-0.2, 0) is 14.8 Å². The Hall–Kier alpha value is -1.47. The van der Waals surface area contributed by atoms with E-state index in [0.717, 1.165) is 11.3 Å². The third kappa shape index (κ3) is 3.08. The van der Waals surface area contributed by atoms with Crippen LogP contribution in [0.2, 0.25) is 0 Å². The lowest BCUT2D eigenvalue weighted by Crippen LogP contribution is -2.59. The Morgan fingerprint density at radius 3 is 2.81 bits per heavy atom. The molecule has 1 unspecified atom stereocenters. The fourth-order valence-corrected chi connectivity index (χ4v) is 4.93. The maximum atomic E-state index is 12.7. The topological polar surface area (TPSA) is 93.5 Å². The third-order valence-electron chi connectivity index (χ3n) is 3.17. The van der Waals surface area contributed by atoms with Crippen molar-refractivity contribution in [3.05, 3.63) is 17.0 Å². The van der Waals surface area contributed by atoms with Crippen LogP contribution in [0.5, 0.6) is 0 Å². The van der Waals surface area contributed by atoms with Gasteiger partial charge in [-0.25, -0.2) is 8.42 Å². The molecule has 1 saturated heterocycles. The molecule has 1 aromatic heterocycles. The van der Waals surface area contributed by atoms with Gasteiger partial charge in [0.15, 0.2) is 0 Å². The smallest absolute Gasteiger partial charge is 0.253 e. The zero-order valence-electron chi connectivity index (χ0n) is 11.7. The molecular weight excluding hydrogens is 312 g/mol. The molecule has 1 fully saturated rings. The van der Waals surface area contributed by atoms with Gasteiger partial charge in [0.05, 0.1) is 0 Å². The van der Waals surface area contributed by atoms with Crippen LogP contribution < -0.4 is 5.32 Å². The van der Waals surface area contributed by atoms with Crippen LogP contribution in [0.15, 0.2) is 16.3 Å². The molecule has 1 atom stereocenters. The van der Waals surface area contributed by atoms with Crippen LogP contribution in [0.3, 0.4) is 0 Å². The number of carbonyl (C=O) groups excluding carboxylic acids is 1. The van der Waals surface area contributed by atoms with E-state index in [1.165, 1.54) is 21.3 Å². The van der Waals surface area contributed by atoms with E-state index in [9.17, 15) is 13.2 Å². The van der Waals surface area contributed by atoms with E-state index >= 15 is 0 Å². The van der Waals surface area contributed by atoms with Crippen molar-refractivity contribution >= 4 is 27.3 Å². The summed E-state index contributed by atoms with van der Waals surface area (Å²) in [6.45, 7) is 1.01. The number of piperazine rings is 1. The molecule has 0 spiro atoms. The number of amides is 1. The lowest BCUT2D eigenvalue weighted by molar-refractivity contribution is -0.133. The molecule has 2 heterocycles. The van der Waals surface area contributed by atoms with Crippen LogP contribution in [0.4, 0.5) is 0 Å². The molecular formula is C12H16N4O3S2. The Labute approximate surface area is 127 Å². The molecule has 0 aliphatic carbocycles. The fourth-order valence-electron chi connectivity index (χ4n) is 2.12. The van der Waals surface area contributed by atoms with E-state index in [2.05, 4.69) is 5.32 Å². The van der Waals surface area contributed by atoms with E-state index in [1.54, 1.807) is 14.1 Å². The molecule has 0 bridgehead atoms. The summed E-state index contributed by atoms with van der Waals surface area (Å²) in [6.07, 6.45) is 0. The van der Waals surface area contributed by atoms with Gasteiger partial charge in [-0.2, -0.15) is 9.57 Å². The number of nitriles is 1. The van der Waals surface area contributed by atoms with Crippen LogP contribution in [0.1, 0.15) is 4.88 Å². The van der Waals surface area contributed by atoms with E-state index in [1.807, 2.05) is 6.07 Å². The summed E-state index contributed by atoms with van der Waals surface area (Å²) in [5, 5.41) is 11.9. The number of carbonyl (C=O) groups is 1. The number of hydrogen-bond acceptors (Lipinski definition) is 6. The molecule has 21 heavy (non-hydrogen) atoms. The highest BCUT2D eigenvalue weighted by Crippen LogP contribution is 2.26. The number of hydrogen-bond donors (Lipinski definition) is 1. The SMILES string of the molecule is CN(C)C(=O)C1CNCCN1S(=O)(=O)c1ccc(C#N)s1. The molecule has 1 aliphatic rings. The first-order valence-corrected chi connectivity index (χ1v) is 8.57. The summed E-state index contributed by atoms with van der Waals surface area (Å²) < 4.78 is 26.7. The summed E-state index contributed by atoms with van der Waals surface area (Å²) in [6, 6.07) is 4.05. The Bertz CT molecular complexity index is 675. The van der Waals surface area contributed by atoms with E-state index < -0.39 is 16.1 Å². The lowest BCUT2D eigenvalue weighted by Gasteiger charge is -2.35. The predicted molar refractivity (Wildman–Crippen MR) is 78.3 cm³/mol. The molecule has 7 nitrogen and oxygen atoms in total. The summed E-state index contributed by atoms with van der Waals surface area (Å²) in [5.41, 5.74) is 0. The first kappa shape index (κ1) is 15.9. The monoisotopic (exact) mass is 328 g/mol. The molecule has 0 saturated carbocycles. The zero-order valence-corrected chi connectivity index (χ0v) is 13.4. The van der Waals surface area contributed by atoms with Gasteiger partial charge in [0.2, 0.25) is 5.91 Å². The van der Waals surface area contributed by atoms with Gasteiger partial charge in [-0.05, 0) is 12.1 Å². The standard InChI is InChI=1S/C12H16N4O3S2/c1-15(2)12(17)10-8-14-5-6-16(10)21(18,19)11-4-3-9(7-13)20-11/h3-4,10,14H,5-6,8H2,1-2H3. The minimum Gasteiger partial charge on any atom is -0.347 e. The van der Waals surface area contributed by atoms with Crippen molar-refractivity contribution in [3.63, 3.8) is 0 Å². The van der Waals surface area contributed by atoms with Gasteiger partial charge in [-0.1, -0.05) is 0 Å². The molecule has 1 N–H and O–H groups in total. The van der Waals surface area contributed by atoms with Crippen LogP contribution in [0.25, 0.3) is 0 Å². The van der Waals surface area contributed by atoms with Crippen molar-refractivity contribution in [2.24, 2.45) is 0 Å². The highest BCUT2D eigenvalue weighted by atomic mass is 32.2. The minimum absolute atomic E-state index is 0.0949. The minimum atomic E-state index is -3.77. The second-order valence-corrected chi connectivity index (χ2v) is 8.00. The Balaban J connectivity index is 2.36. The maximum Gasteiger partial charge on any atom is 0.253 e. The Morgan fingerprint density at radius 2 is 2.24 bits per heavy atom. The number of sulfonamides is 1. The van der Waals surface area contributed by atoms with Gasteiger partial charge in [0.25, 0.3) is 10.0 Å². The average Bonchev–Trinajstić information content (AvgIpc) is 2.96. The van der Waals surface area contributed by atoms with Crippen molar-refractivity contribution in [1.82, 2.24) is 14.5 Å². The highest BCUT2D eigenvalue weighted by molar-refractivity contribution is 7.91. The molecule has 9 heteroatoms. The second kappa shape index (κ2) is 6.11. The molecule has 1 amide bonds. The van der Waals surface area contributed by atoms with E-state index in [0.29, 0.717) is 11.4 Å². The van der Waals surface area contributed by atoms with Crippen molar-refractivity contribution in [3.8, 4) is 6.07 Å². The second-order valence-electron chi connectivity index (χ2n) is 4.80. The van der Waals surface area contributed by atoms with Gasteiger partial charge >= 0.3 is 0 Å². The van der Waals surface area contributed by atoms with Gasteiger partial charge < -0.3 is 10.2 Å². The third-order valence-corrected chi connectivity index (χ3v) is 6.54. The first-order valence-electron chi connectivity index (χ1n) is 6.31. The molecule has 114 valence electrons. The molecule has 0 aromatic carbocycles. The number of nitrogens with zero attached hydrogens (tertiary/aromatic N) is 3. The number of thiophene rings is 1. The van der Waals surface area contributed by atoms with E-state index in [4.69, 9.17) is 5.26 Å². The lowest BCUT2D eigenvalue weighted by atomic mass is 10.2. The summed E-state index contributed by atoms with van der Waals surface area (Å²) in [7, 11) is -0.570. The number of rotatable bonds is 3. The van der Waals surface area contributed by atoms with Gasteiger partial charge in [-0.15, -0.1) is 11.3 Å². The summed E-state index contributed by atoms with van der Waals surface area (Å²) >= 11 is 0.920. The summed E-state index contributed by atoms with van der Waals surface area (Å²) in [5.74, 6) is -0.261.